The number of aliphatic imine (C=N–C) groups is 1. The van der Waals surface area contributed by atoms with Crippen LogP contribution in [0.2, 0.25) is 0 Å². The molecule has 0 saturated heterocycles. The Kier molecular flexibility index (Phi) is 7.33. The van der Waals surface area contributed by atoms with Gasteiger partial charge in [-0.15, -0.1) is 0 Å². The van der Waals surface area contributed by atoms with Crippen molar-refractivity contribution in [1.82, 2.24) is 9.36 Å². The first-order valence-electron chi connectivity index (χ1n) is 11.0. The summed E-state index contributed by atoms with van der Waals surface area (Å²) in [6.07, 6.45) is 1.68. The fourth-order valence-corrected chi connectivity index (χ4v) is 3.84. The zero-order valence-corrected chi connectivity index (χ0v) is 21.0. The second kappa shape index (κ2) is 10.6. The van der Waals surface area contributed by atoms with E-state index >= 15 is 0 Å². The third-order valence-corrected chi connectivity index (χ3v) is 5.97. The summed E-state index contributed by atoms with van der Waals surface area (Å²) in [5.41, 5.74) is 3.69. The van der Waals surface area contributed by atoms with Crippen molar-refractivity contribution in [1.29, 1.82) is 0 Å². The molecule has 0 N–H and O–H groups in total. The van der Waals surface area contributed by atoms with Gasteiger partial charge in [0.1, 0.15) is 6.61 Å². The van der Waals surface area contributed by atoms with Crippen LogP contribution in [0, 0.1) is 6.92 Å². The van der Waals surface area contributed by atoms with Gasteiger partial charge in [-0.1, -0.05) is 46.3 Å². The number of aromatic nitrogens is 2. The van der Waals surface area contributed by atoms with Gasteiger partial charge in [-0.05, 0) is 67.4 Å². The molecule has 0 aliphatic rings. The Morgan fingerprint density at radius 2 is 1.71 bits per heavy atom. The number of rotatable bonds is 8. The van der Waals surface area contributed by atoms with Gasteiger partial charge in [-0.2, -0.15) is 0 Å². The molecular weight excluding hydrogens is 494 g/mol. The summed E-state index contributed by atoms with van der Waals surface area (Å²) in [6.45, 7) is 4.76. The van der Waals surface area contributed by atoms with E-state index in [2.05, 4.69) is 20.9 Å². The SMILES string of the molecule is CCOc1cc(C=Nc2c(C)n(C)n(-c3ccccc3)c2=O)ccc1OCc1ccc(Br)cc1. The summed E-state index contributed by atoms with van der Waals surface area (Å²) in [5.74, 6) is 1.29. The van der Waals surface area contributed by atoms with Crippen LogP contribution in [-0.4, -0.2) is 22.2 Å². The highest BCUT2D eigenvalue weighted by Gasteiger charge is 2.15. The fourth-order valence-electron chi connectivity index (χ4n) is 3.58. The first kappa shape index (κ1) is 23.6. The summed E-state index contributed by atoms with van der Waals surface area (Å²) >= 11 is 3.44. The smallest absolute Gasteiger partial charge is 0.297 e. The van der Waals surface area contributed by atoms with Crippen LogP contribution in [0.5, 0.6) is 11.5 Å². The Bertz CT molecular complexity index is 1360. The highest BCUT2D eigenvalue weighted by atomic mass is 79.9. The van der Waals surface area contributed by atoms with Gasteiger partial charge >= 0.3 is 0 Å². The van der Waals surface area contributed by atoms with Crippen LogP contribution in [0.4, 0.5) is 5.69 Å². The fraction of sp³-hybridized carbons (Fsp3) is 0.185. The molecular formula is C27H26BrN3O3. The lowest BCUT2D eigenvalue weighted by molar-refractivity contribution is 0.269. The summed E-state index contributed by atoms with van der Waals surface area (Å²) in [4.78, 5) is 17.6. The maximum absolute atomic E-state index is 13.1. The van der Waals surface area contributed by atoms with Crippen LogP contribution in [-0.2, 0) is 13.7 Å². The molecule has 0 fully saturated rings. The Morgan fingerprint density at radius 3 is 2.41 bits per heavy atom. The number of hydrogen-bond acceptors (Lipinski definition) is 4. The average molecular weight is 520 g/mol. The molecule has 6 nitrogen and oxygen atoms in total. The van der Waals surface area contributed by atoms with E-state index in [1.165, 1.54) is 0 Å². The molecule has 0 unspecified atom stereocenters. The number of halogens is 1. The maximum atomic E-state index is 13.1. The minimum atomic E-state index is -0.165. The molecule has 0 atom stereocenters. The lowest BCUT2D eigenvalue weighted by Crippen LogP contribution is -2.19. The van der Waals surface area contributed by atoms with Crippen molar-refractivity contribution < 1.29 is 9.47 Å². The topological polar surface area (TPSA) is 57.8 Å². The van der Waals surface area contributed by atoms with Crippen molar-refractivity contribution in [2.45, 2.75) is 20.5 Å². The minimum absolute atomic E-state index is 0.165. The van der Waals surface area contributed by atoms with Gasteiger partial charge in [-0.25, -0.2) is 9.67 Å². The van der Waals surface area contributed by atoms with E-state index in [0.29, 0.717) is 30.4 Å². The quantitative estimate of drug-likeness (QED) is 0.269. The molecule has 0 aliphatic carbocycles. The predicted octanol–water partition coefficient (Wildman–Crippen LogP) is 5.98. The predicted molar refractivity (Wildman–Crippen MR) is 139 cm³/mol. The first-order chi connectivity index (χ1) is 16.5. The molecule has 0 radical (unpaired) electrons. The average Bonchev–Trinajstić information content (AvgIpc) is 3.06. The van der Waals surface area contributed by atoms with Gasteiger partial charge < -0.3 is 9.47 Å². The second-order valence-electron chi connectivity index (χ2n) is 7.72. The van der Waals surface area contributed by atoms with Gasteiger partial charge in [0, 0.05) is 17.7 Å². The summed E-state index contributed by atoms with van der Waals surface area (Å²) < 4.78 is 16.3. The van der Waals surface area contributed by atoms with Crippen molar-refractivity contribution in [2.75, 3.05) is 6.61 Å². The number of benzene rings is 3. The lowest BCUT2D eigenvalue weighted by Gasteiger charge is -2.12. The Balaban J connectivity index is 1.58. The Morgan fingerprint density at radius 1 is 0.971 bits per heavy atom. The molecule has 7 heteroatoms. The standard InChI is InChI=1S/C27H26BrN3O3/c1-4-33-25-16-21(12-15-24(25)34-18-20-10-13-22(28)14-11-20)17-29-26-19(2)30(3)31(27(26)32)23-8-6-5-7-9-23/h5-17H,4,18H2,1-3H3. The van der Waals surface area contributed by atoms with Crippen LogP contribution < -0.4 is 15.0 Å². The highest BCUT2D eigenvalue weighted by molar-refractivity contribution is 9.10. The number of hydrogen-bond donors (Lipinski definition) is 0. The van der Waals surface area contributed by atoms with Crippen molar-refractivity contribution in [3.63, 3.8) is 0 Å². The maximum Gasteiger partial charge on any atom is 0.297 e. The van der Waals surface area contributed by atoms with E-state index in [-0.39, 0.29) is 5.56 Å². The molecule has 174 valence electrons. The van der Waals surface area contributed by atoms with Crippen molar-refractivity contribution in [2.24, 2.45) is 12.0 Å². The molecule has 4 rings (SSSR count). The zero-order chi connectivity index (χ0) is 24.1. The third-order valence-electron chi connectivity index (χ3n) is 5.44. The van der Waals surface area contributed by atoms with E-state index in [1.807, 2.05) is 98.4 Å². The van der Waals surface area contributed by atoms with Crippen molar-refractivity contribution in [3.05, 3.63) is 104 Å². The Labute approximate surface area is 207 Å². The Hall–Kier alpha value is -3.58. The van der Waals surface area contributed by atoms with Gasteiger partial charge in [0.15, 0.2) is 17.2 Å². The normalized spacial score (nSPS) is 11.2. The van der Waals surface area contributed by atoms with E-state index in [1.54, 1.807) is 10.9 Å². The van der Waals surface area contributed by atoms with Gasteiger partial charge in [-0.3, -0.25) is 9.48 Å². The van der Waals surface area contributed by atoms with Gasteiger partial charge in [0.25, 0.3) is 5.56 Å². The molecule has 3 aromatic carbocycles. The molecule has 0 aliphatic heterocycles. The molecule has 0 spiro atoms. The number of ether oxygens (including phenoxy) is 2. The van der Waals surface area contributed by atoms with Crippen molar-refractivity contribution >= 4 is 27.8 Å². The van der Waals surface area contributed by atoms with Gasteiger partial charge in [0.2, 0.25) is 0 Å². The first-order valence-corrected chi connectivity index (χ1v) is 11.8. The summed E-state index contributed by atoms with van der Waals surface area (Å²) in [5, 5.41) is 0. The van der Waals surface area contributed by atoms with Gasteiger partial charge in [0.05, 0.1) is 18.0 Å². The molecule has 0 saturated carbocycles. The number of para-hydroxylation sites is 1. The zero-order valence-electron chi connectivity index (χ0n) is 19.4. The van der Waals surface area contributed by atoms with E-state index < -0.39 is 0 Å². The van der Waals surface area contributed by atoms with E-state index in [0.717, 1.165) is 27.0 Å². The second-order valence-corrected chi connectivity index (χ2v) is 8.64. The summed E-state index contributed by atoms with van der Waals surface area (Å²) in [7, 11) is 1.85. The van der Waals surface area contributed by atoms with E-state index in [9.17, 15) is 4.79 Å². The van der Waals surface area contributed by atoms with Crippen molar-refractivity contribution in [3.8, 4) is 17.2 Å². The molecule has 1 aromatic heterocycles. The largest absolute Gasteiger partial charge is 0.490 e. The van der Waals surface area contributed by atoms with Crippen LogP contribution in [0.15, 0.2) is 87.1 Å². The molecule has 34 heavy (non-hydrogen) atoms. The number of nitrogens with zero attached hydrogens (tertiary/aromatic N) is 3. The summed E-state index contributed by atoms with van der Waals surface area (Å²) in [6, 6.07) is 23.2. The molecule has 0 bridgehead atoms. The monoisotopic (exact) mass is 519 g/mol. The third kappa shape index (κ3) is 5.15. The molecule has 1 heterocycles. The van der Waals surface area contributed by atoms with Crippen LogP contribution in [0.1, 0.15) is 23.7 Å². The lowest BCUT2D eigenvalue weighted by atomic mass is 10.2. The van der Waals surface area contributed by atoms with Crippen LogP contribution in [0.25, 0.3) is 5.69 Å². The highest BCUT2D eigenvalue weighted by Crippen LogP contribution is 2.29. The van der Waals surface area contributed by atoms with Crippen LogP contribution in [0.3, 0.4) is 0 Å². The van der Waals surface area contributed by atoms with Crippen LogP contribution >= 0.6 is 15.9 Å². The molecule has 4 aromatic rings. The van der Waals surface area contributed by atoms with E-state index in [4.69, 9.17) is 9.47 Å². The molecule has 0 amide bonds. The minimum Gasteiger partial charge on any atom is -0.490 e.